The first-order chi connectivity index (χ1) is 36.6. The van der Waals surface area contributed by atoms with Gasteiger partial charge in [-0.05, 0) is 140 Å². The number of fused-ring (bicyclic) bond motifs is 2. The van der Waals surface area contributed by atoms with Crippen LogP contribution in [-0.4, -0.2) is 115 Å². The Balaban J connectivity index is 0.000000270. The van der Waals surface area contributed by atoms with E-state index in [1.807, 2.05) is 22.6 Å². The Morgan fingerprint density at radius 1 is 0.605 bits per heavy atom. The highest BCUT2D eigenvalue weighted by atomic mass is 127. The van der Waals surface area contributed by atoms with Crippen LogP contribution in [0, 0.1) is 21.0 Å². The Kier molecular flexibility index (Phi) is 20.0. The minimum Gasteiger partial charge on any atom is -0.381 e. The number of nitrogens with one attached hydrogen (secondary N) is 4. The second kappa shape index (κ2) is 26.7. The molecule has 0 aliphatic carbocycles. The van der Waals surface area contributed by atoms with E-state index in [0.29, 0.717) is 73.4 Å². The van der Waals surface area contributed by atoms with E-state index in [1.54, 1.807) is 42.5 Å². The topological polar surface area (TPSA) is 262 Å². The lowest BCUT2D eigenvalue weighted by atomic mass is 10.0. The summed E-state index contributed by atoms with van der Waals surface area (Å²) in [5.74, 6) is -8.13. The number of hydrogen-bond donors (Lipinski definition) is 5. The lowest BCUT2D eigenvalue weighted by Crippen LogP contribution is -2.54. The second-order valence-corrected chi connectivity index (χ2v) is 19.3. The molecule has 6 N–H and O–H groups in total. The van der Waals surface area contributed by atoms with Crippen LogP contribution < -0.4 is 27.2 Å². The van der Waals surface area contributed by atoms with Gasteiger partial charge in [0.15, 0.2) is 11.6 Å². The smallest absolute Gasteiger partial charge is 0.277 e. The van der Waals surface area contributed by atoms with Crippen molar-refractivity contribution in [2.24, 2.45) is 5.73 Å². The van der Waals surface area contributed by atoms with Crippen molar-refractivity contribution in [2.75, 3.05) is 44.9 Å². The van der Waals surface area contributed by atoms with Crippen molar-refractivity contribution in [3.63, 3.8) is 0 Å². The number of carbonyl (C=O) groups is 9. The molecule has 4 aromatic rings. The highest BCUT2D eigenvalue weighted by molar-refractivity contribution is 14.1. The number of hydroxylamine groups is 1. The lowest BCUT2D eigenvalue weighted by molar-refractivity contribution is -0.137. The van der Waals surface area contributed by atoms with Gasteiger partial charge in [-0.3, -0.25) is 68.4 Å². The van der Waals surface area contributed by atoms with E-state index in [9.17, 15) is 56.3 Å². The zero-order chi connectivity index (χ0) is 54.5. The lowest BCUT2D eigenvalue weighted by Gasteiger charge is -2.27. The summed E-state index contributed by atoms with van der Waals surface area (Å²) in [7, 11) is 0. The monoisotopic (exact) mass is 1170 g/mol. The minimum atomic E-state index is -1.32. The molecule has 0 spiro atoms. The van der Waals surface area contributed by atoms with Crippen molar-refractivity contribution in [3.05, 3.63) is 127 Å². The quantitative estimate of drug-likeness (QED) is 0.0258. The summed E-state index contributed by atoms with van der Waals surface area (Å²) < 4.78 is 54.4. The van der Waals surface area contributed by atoms with Crippen LogP contribution >= 0.6 is 22.6 Å². The average molecular weight is 1170 g/mol. The molecule has 76 heavy (non-hydrogen) atoms. The van der Waals surface area contributed by atoms with Gasteiger partial charge >= 0.3 is 0 Å². The van der Waals surface area contributed by atoms with E-state index in [-0.39, 0.29) is 60.6 Å². The van der Waals surface area contributed by atoms with E-state index in [0.717, 1.165) is 58.7 Å². The molecule has 9 amide bonds. The summed E-state index contributed by atoms with van der Waals surface area (Å²) in [6, 6.07) is 14.3. The first-order valence-corrected chi connectivity index (χ1v) is 25.8. The van der Waals surface area contributed by atoms with Gasteiger partial charge in [0, 0.05) is 42.8 Å². The first kappa shape index (κ1) is 56.8. The molecule has 402 valence electrons. The van der Waals surface area contributed by atoms with Crippen LogP contribution in [0.3, 0.4) is 0 Å². The van der Waals surface area contributed by atoms with E-state index < -0.39 is 82.5 Å². The largest absolute Gasteiger partial charge is 0.381 e. The van der Waals surface area contributed by atoms with Crippen LogP contribution in [0.15, 0.2) is 66.7 Å². The van der Waals surface area contributed by atoms with Crippen molar-refractivity contribution < 1.29 is 70.6 Å². The van der Waals surface area contributed by atoms with E-state index >= 15 is 0 Å². The number of unbranched alkanes of at least 4 members (excludes halogenated alkanes) is 3. The van der Waals surface area contributed by atoms with Crippen molar-refractivity contribution >= 4 is 87.1 Å². The third-order valence-electron chi connectivity index (χ3n) is 12.8. The Bertz CT molecular complexity index is 2930. The molecule has 0 bridgehead atoms. The van der Waals surface area contributed by atoms with Crippen molar-refractivity contribution in [3.8, 4) is 0 Å². The third-order valence-corrected chi connectivity index (χ3v) is 13.4. The van der Waals surface area contributed by atoms with Crippen LogP contribution in [0.5, 0.6) is 0 Å². The fraction of sp³-hybridized carbons (Fsp3) is 0.377. The second-order valence-electron chi connectivity index (χ2n) is 18.1. The van der Waals surface area contributed by atoms with Gasteiger partial charge < -0.3 is 20.5 Å². The molecule has 23 heteroatoms. The number of carbonyl (C=O) groups excluding carboxylic acids is 9. The third kappa shape index (κ3) is 13.9. The molecule has 4 heterocycles. The van der Waals surface area contributed by atoms with Gasteiger partial charge in [0.2, 0.25) is 23.6 Å². The van der Waals surface area contributed by atoms with Crippen molar-refractivity contribution in [1.29, 1.82) is 0 Å². The molecule has 4 aliphatic rings. The maximum atomic E-state index is 14.6. The summed E-state index contributed by atoms with van der Waals surface area (Å²) in [4.78, 5) is 118. The highest BCUT2D eigenvalue weighted by Gasteiger charge is 2.46. The standard InChI is InChI=1S/C35H34F3IN4O7.C18H21N3O5/c36-25-11-10-23(31(30(25)38)40-27-12-8-21(39)19-26(27)37)32(45)42-50-17-4-2-1-3-15-49-16-5-6-20-7-9-22-24(18-20)35(48)43(34(22)47)28-13-14-29(44)41-33(28)46;19-7-9-26-8-1-2-11-3-4-12-13(10-11)18(25)21(17(12)24)14-5-6-15(22)20-16(14)23/h7-12,18-19,28,40H,1-6,13-17H2,(H,42,45)(H,41,44,46);3-4,10,14H,1-2,5-9,19H2,(H,20,22,23). The SMILES string of the molecule is NCCOCCCc1ccc2c(c1)C(=O)N(C1CCC(=O)NC1=O)C2=O.O=C1CCC(N2C(=O)c3ccc(CCCOCCCCCCONC(=O)c4ccc(F)c(F)c4Nc4ccc(I)cc4F)cc3C2=O)C(=O)N1. The number of rotatable bonds is 23. The average Bonchev–Trinajstić information content (AvgIpc) is 3.79. The zero-order valence-corrected chi connectivity index (χ0v) is 43.3. The fourth-order valence-corrected chi connectivity index (χ4v) is 9.34. The number of piperidine rings is 2. The molecule has 4 aliphatic heterocycles. The number of halogens is 4. The van der Waals surface area contributed by atoms with Crippen LogP contribution in [0.25, 0.3) is 0 Å². The predicted molar refractivity (Wildman–Crippen MR) is 274 cm³/mol. The number of nitrogens with zero attached hydrogens (tertiary/aromatic N) is 2. The molecule has 2 fully saturated rings. The molecular formula is C53H55F3IN7O12. The molecule has 0 aromatic heterocycles. The summed E-state index contributed by atoms with van der Waals surface area (Å²) >= 11 is 1.91. The van der Waals surface area contributed by atoms with Gasteiger partial charge in [0.05, 0.1) is 52.4 Å². The molecule has 0 radical (unpaired) electrons. The van der Waals surface area contributed by atoms with E-state index in [1.165, 1.54) is 12.1 Å². The Morgan fingerprint density at radius 3 is 1.64 bits per heavy atom. The Morgan fingerprint density at radius 2 is 1.12 bits per heavy atom. The van der Waals surface area contributed by atoms with Crippen LogP contribution in [0.2, 0.25) is 0 Å². The number of nitrogens with two attached hydrogens (primary N) is 1. The van der Waals surface area contributed by atoms with Crippen LogP contribution in [0.4, 0.5) is 24.5 Å². The van der Waals surface area contributed by atoms with E-state index in [2.05, 4.69) is 21.4 Å². The molecule has 19 nitrogen and oxygen atoms in total. The van der Waals surface area contributed by atoms with Gasteiger partial charge in [-0.1, -0.05) is 25.0 Å². The maximum Gasteiger partial charge on any atom is 0.277 e. The highest BCUT2D eigenvalue weighted by Crippen LogP contribution is 2.32. The van der Waals surface area contributed by atoms with Crippen LogP contribution in [-0.2, 0) is 46.3 Å². The summed E-state index contributed by atoms with van der Waals surface area (Å²) in [5, 5.41) is 6.84. The van der Waals surface area contributed by atoms with Crippen molar-refractivity contribution in [1.82, 2.24) is 25.9 Å². The number of ether oxygens (including phenoxy) is 2. The van der Waals surface area contributed by atoms with Crippen molar-refractivity contribution in [2.45, 2.75) is 89.1 Å². The van der Waals surface area contributed by atoms with Gasteiger partial charge in [-0.25, -0.2) is 18.7 Å². The Labute approximate surface area is 448 Å². The number of benzene rings is 4. The van der Waals surface area contributed by atoms with Gasteiger partial charge in [0.1, 0.15) is 17.9 Å². The molecule has 4 aromatic carbocycles. The molecule has 2 unspecified atom stereocenters. The molecule has 2 saturated heterocycles. The molecule has 0 saturated carbocycles. The normalized spacial score (nSPS) is 17.1. The van der Waals surface area contributed by atoms with Gasteiger partial charge in [-0.2, -0.15) is 0 Å². The predicted octanol–water partition coefficient (Wildman–Crippen LogP) is 5.72. The van der Waals surface area contributed by atoms with E-state index in [4.69, 9.17) is 20.0 Å². The summed E-state index contributed by atoms with van der Waals surface area (Å²) in [6.07, 6.45) is 6.30. The number of hydrogen-bond acceptors (Lipinski definition) is 14. The summed E-state index contributed by atoms with van der Waals surface area (Å²) in [6.45, 7) is 2.79. The zero-order valence-electron chi connectivity index (χ0n) is 41.1. The van der Waals surface area contributed by atoms with Gasteiger partial charge in [0.25, 0.3) is 29.5 Å². The minimum absolute atomic E-state index is 0.0630. The first-order valence-electron chi connectivity index (χ1n) is 24.7. The number of amides is 9. The summed E-state index contributed by atoms with van der Waals surface area (Å²) in [5.41, 5.74) is 9.58. The number of aryl methyl sites for hydroxylation is 2. The molecule has 2 atom stereocenters. The molecule has 8 rings (SSSR count). The van der Waals surface area contributed by atoms with Crippen LogP contribution in [0.1, 0.15) is 127 Å². The molecular weight excluding hydrogens is 1110 g/mol. The number of anilines is 2. The number of imide groups is 4. The maximum absolute atomic E-state index is 14.6. The Hall–Kier alpha value is -6.93. The van der Waals surface area contributed by atoms with Gasteiger partial charge in [-0.15, -0.1) is 0 Å². The fourth-order valence-electron chi connectivity index (χ4n) is 8.88.